The summed E-state index contributed by atoms with van der Waals surface area (Å²) in [7, 11) is -4.63. The van der Waals surface area contributed by atoms with Crippen molar-refractivity contribution in [2.24, 2.45) is 5.73 Å². The Morgan fingerprint density at radius 2 is 1.74 bits per heavy atom. The molecule has 39 heavy (non-hydrogen) atoms. The maximum absolute atomic E-state index is 11.9. The number of phosphoric acid groups is 1. The summed E-state index contributed by atoms with van der Waals surface area (Å²) in [5.74, 6) is 4.97. The minimum Gasteiger partial charge on any atom is -0.412 e. The number of aromatic amines is 1. The molecule has 1 atom stereocenters. The van der Waals surface area contributed by atoms with Gasteiger partial charge in [-0.1, -0.05) is 53.4 Å². The third-order valence-electron chi connectivity index (χ3n) is 3.49. The number of H-pyrrole nitrogens is 1. The van der Waals surface area contributed by atoms with Crippen LogP contribution in [0.1, 0.15) is 73.1 Å². The van der Waals surface area contributed by atoms with Gasteiger partial charge in [0.05, 0.1) is 13.1 Å². The van der Waals surface area contributed by atoms with E-state index in [-0.39, 0.29) is 69.4 Å². The second-order valence-electron chi connectivity index (χ2n) is 6.22. The summed E-state index contributed by atoms with van der Waals surface area (Å²) in [5, 5.41) is 11.2. The third-order valence-corrected chi connectivity index (χ3v) is 3.94. The molecule has 2 rings (SSSR count). The van der Waals surface area contributed by atoms with E-state index in [0.717, 1.165) is 22.6 Å². The SMILES string of the molecule is CC.CC.CCC(=O)NCC#Cc1cn(C2CN(COP(=O)(O)O)O2)c(=O)[nH]c1=O.CCCN.CCO.O.[Y]. The monoisotopic (exact) mass is 660 g/mol. The third kappa shape index (κ3) is 24.3. The number of hydrogen-bond acceptors (Lipinski definition) is 9. The summed E-state index contributed by atoms with van der Waals surface area (Å²) < 4.78 is 15.9. The van der Waals surface area contributed by atoms with Crippen LogP contribution < -0.4 is 22.3 Å². The van der Waals surface area contributed by atoms with E-state index in [1.165, 1.54) is 6.20 Å². The van der Waals surface area contributed by atoms with Crippen LogP contribution in [0.15, 0.2) is 15.8 Å². The molecule has 1 aliphatic rings. The van der Waals surface area contributed by atoms with Crippen LogP contribution in [0.25, 0.3) is 0 Å². The number of aromatic nitrogens is 2. The maximum Gasteiger partial charge on any atom is 0.470 e. The van der Waals surface area contributed by atoms with Crippen molar-refractivity contribution in [3.05, 3.63) is 32.6 Å². The molecule has 1 amide bonds. The van der Waals surface area contributed by atoms with Crippen LogP contribution in [0.4, 0.5) is 0 Å². The Morgan fingerprint density at radius 3 is 2.15 bits per heavy atom. The number of carbonyl (C=O) groups is 1. The summed E-state index contributed by atoms with van der Waals surface area (Å²) in [6, 6.07) is 0. The van der Waals surface area contributed by atoms with Crippen LogP contribution in [0.5, 0.6) is 0 Å². The average Bonchev–Trinajstić information content (AvgIpc) is 2.85. The van der Waals surface area contributed by atoms with Gasteiger partial charge in [-0.3, -0.25) is 28.5 Å². The fourth-order valence-corrected chi connectivity index (χ4v) is 2.17. The molecule has 1 aromatic rings. The largest absolute Gasteiger partial charge is 0.470 e. The Balaban J connectivity index is -0.000000258. The molecule has 17 heteroatoms. The first-order valence-electron chi connectivity index (χ1n) is 12.1. The zero-order valence-electron chi connectivity index (χ0n) is 23.9. The van der Waals surface area contributed by atoms with E-state index in [9.17, 15) is 18.9 Å². The van der Waals surface area contributed by atoms with Gasteiger partial charge in [0.25, 0.3) is 5.56 Å². The van der Waals surface area contributed by atoms with E-state index in [1.807, 2.05) is 27.7 Å². The molecule has 1 aromatic heterocycles. The molecule has 0 aliphatic carbocycles. The molecule has 0 spiro atoms. The summed E-state index contributed by atoms with van der Waals surface area (Å²) in [6.45, 7) is 14.2. The van der Waals surface area contributed by atoms with Crippen molar-refractivity contribution in [1.82, 2.24) is 19.9 Å². The number of carbonyl (C=O) groups excluding carboxylic acids is 1. The van der Waals surface area contributed by atoms with Crippen molar-refractivity contribution in [2.45, 2.75) is 67.5 Å². The van der Waals surface area contributed by atoms with Crippen molar-refractivity contribution in [1.29, 1.82) is 0 Å². The quantitative estimate of drug-likeness (QED) is 0.165. The van der Waals surface area contributed by atoms with Gasteiger partial charge in [0.1, 0.15) is 12.3 Å². The summed E-state index contributed by atoms with van der Waals surface area (Å²) in [6.07, 6.45) is 1.84. The Bertz CT molecular complexity index is 951. The molecule has 1 fully saturated rings. The molecule has 1 radical (unpaired) electrons. The molecular formula is C22H46N5O10PY. The summed E-state index contributed by atoms with van der Waals surface area (Å²) in [5.41, 5.74) is 3.63. The fraction of sp³-hybridized carbons (Fsp3) is 0.682. The van der Waals surface area contributed by atoms with Crippen molar-refractivity contribution in [2.75, 3.05) is 33.0 Å². The maximum atomic E-state index is 11.9. The number of nitrogens with zero attached hydrogens (tertiary/aromatic N) is 2. The molecule has 0 saturated carbocycles. The number of amides is 1. The first kappa shape index (κ1) is 47.5. The van der Waals surface area contributed by atoms with Crippen molar-refractivity contribution < 1.29 is 71.8 Å². The number of hydroxylamine groups is 2. The van der Waals surface area contributed by atoms with Crippen molar-refractivity contribution >= 4 is 13.7 Å². The Kier molecular flexibility index (Phi) is 36.2. The van der Waals surface area contributed by atoms with Crippen LogP contribution in [-0.4, -0.2) is 73.9 Å². The predicted molar refractivity (Wildman–Crippen MR) is 145 cm³/mol. The van der Waals surface area contributed by atoms with Crippen molar-refractivity contribution in [3.63, 3.8) is 0 Å². The van der Waals surface area contributed by atoms with Crippen LogP contribution in [0.3, 0.4) is 0 Å². The van der Waals surface area contributed by atoms with E-state index < -0.39 is 32.0 Å². The van der Waals surface area contributed by atoms with E-state index >= 15 is 0 Å². The molecule has 1 unspecified atom stereocenters. The molecular weight excluding hydrogens is 614 g/mol. The molecule has 0 aromatic carbocycles. The molecule has 9 N–H and O–H groups in total. The van der Waals surface area contributed by atoms with Gasteiger partial charge in [-0.05, 0) is 19.9 Å². The minimum atomic E-state index is -4.63. The average molecular weight is 661 g/mol. The molecule has 2 heterocycles. The molecule has 15 nitrogen and oxygen atoms in total. The van der Waals surface area contributed by atoms with Crippen LogP contribution >= 0.6 is 7.82 Å². The number of nitrogens with one attached hydrogen (secondary N) is 2. The van der Waals surface area contributed by atoms with E-state index in [1.54, 1.807) is 13.8 Å². The summed E-state index contributed by atoms with van der Waals surface area (Å²) in [4.78, 5) is 59.2. The fourth-order valence-electron chi connectivity index (χ4n) is 1.89. The first-order chi connectivity index (χ1) is 17.5. The Morgan fingerprint density at radius 1 is 1.26 bits per heavy atom. The van der Waals surface area contributed by atoms with E-state index in [0.29, 0.717) is 6.42 Å². The second-order valence-corrected chi connectivity index (χ2v) is 7.46. The predicted octanol–water partition coefficient (Wildman–Crippen LogP) is -0.194. The topological polar surface area (TPSA) is 241 Å². The molecule has 1 aliphatic heterocycles. The van der Waals surface area contributed by atoms with Gasteiger partial charge in [-0.15, -0.1) is 0 Å². The van der Waals surface area contributed by atoms with Gasteiger partial charge in [-0.2, -0.15) is 5.06 Å². The summed E-state index contributed by atoms with van der Waals surface area (Å²) >= 11 is 0. The van der Waals surface area contributed by atoms with Gasteiger partial charge in [0.15, 0.2) is 6.23 Å². The standard InChI is InChI=1S/C13H17N4O8P.C3H9N.C2H6O.2C2H6.H2O.Y/c1-2-10(18)14-5-3-4-9-6-17(13(20)15-12(9)19)11-7-16(25-11)8-24-26(21,22)23;1-2-3-4;1-2-3;2*1-2;;/h6,11H,2,5,7-8H2,1H3,(H,14,18)(H,15,19,20)(H2,21,22,23);2-4H2,1H3;3H,2H2,1H3;2*1-2H3;1H2;. The number of aliphatic hydroxyl groups excluding tert-OH is 1. The Hall–Kier alpha value is -1.28. The smallest absolute Gasteiger partial charge is 0.412 e. The Labute approximate surface area is 255 Å². The second kappa shape index (κ2) is 29.7. The number of nitrogens with two attached hydrogens (primary N) is 1. The van der Waals surface area contributed by atoms with Crippen LogP contribution in [0.2, 0.25) is 0 Å². The van der Waals surface area contributed by atoms with Gasteiger partial charge >= 0.3 is 13.5 Å². The number of rotatable bonds is 7. The number of aliphatic hydroxyl groups is 1. The zero-order valence-corrected chi connectivity index (χ0v) is 27.6. The molecule has 227 valence electrons. The van der Waals surface area contributed by atoms with Crippen LogP contribution in [0, 0.1) is 11.8 Å². The molecule has 0 bridgehead atoms. The van der Waals surface area contributed by atoms with E-state index in [2.05, 4.69) is 33.6 Å². The van der Waals surface area contributed by atoms with Gasteiger partial charge in [0, 0.05) is 51.9 Å². The van der Waals surface area contributed by atoms with Crippen molar-refractivity contribution in [3.8, 4) is 11.8 Å². The van der Waals surface area contributed by atoms with Gasteiger partial charge in [0.2, 0.25) is 5.91 Å². The van der Waals surface area contributed by atoms with Crippen LogP contribution in [-0.2, 0) is 51.4 Å². The molecule has 1 saturated heterocycles. The number of hydrogen-bond donors (Lipinski definition) is 6. The normalized spacial score (nSPS) is 12.9. The number of phosphoric ester groups is 1. The minimum absolute atomic E-state index is 0. The van der Waals surface area contributed by atoms with Gasteiger partial charge in [-0.25, -0.2) is 9.36 Å². The van der Waals surface area contributed by atoms with Gasteiger partial charge < -0.3 is 31.4 Å². The first-order valence-corrected chi connectivity index (χ1v) is 13.6. The zero-order chi connectivity index (χ0) is 29.4. The van der Waals surface area contributed by atoms with E-state index in [4.69, 9.17) is 25.5 Å².